The van der Waals surface area contributed by atoms with Gasteiger partial charge in [-0.1, -0.05) is 0 Å². The molecule has 0 radical (unpaired) electrons. The molecule has 0 unspecified atom stereocenters. The number of halogens is 2. The van der Waals surface area contributed by atoms with Crippen LogP contribution in [0.3, 0.4) is 0 Å². The number of benzene rings is 1. The van der Waals surface area contributed by atoms with Gasteiger partial charge < -0.3 is 10.3 Å². The van der Waals surface area contributed by atoms with Gasteiger partial charge in [0.05, 0.1) is 0 Å². The molecule has 2 aromatic rings. The van der Waals surface area contributed by atoms with Crippen LogP contribution < -0.4 is 5.73 Å². The Hall–Kier alpha value is -1.60. The van der Waals surface area contributed by atoms with Gasteiger partial charge in [-0.3, -0.25) is 4.79 Å². The molecule has 2 N–H and O–H groups in total. The van der Waals surface area contributed by atoms with Gasteiger partial charge in [0.15, 0.2) is 0 Å². The van der Waals surface area contributed by atoms with Crippen molar-refractivity contribution in [2.24, 2.45) is 5.73 Å². The van der Waals surface area contributed by atoms with Gasteiger partial charge in [0.1, 0.15) is 10.7 Å². The van der Waals surface area contributed by atoms with E-state index in [9.17, 15) is 17.6 Å². The average Bonchev–Trinajstić information content (AvgIpc) is 2.64. The highest BCUT2D eigenvalue weighted by Crippen LogP contribution is 2.28. The van der Waals surface area contributed by atoms with Crippen molar-refractivity contribution in [1.82, 2.24) is 4.57 Å². The molecule has 1 aromatic heterocycles. The van der Waals surface area contributed by atoms with Gasteiger partial charge in [-0.15, -0.1) is 0 Å². The number of fused-ring (bicyclic) bond motifs is 1. The fraction of sp³-hybridized carbons (Fsp3) is 0.182. The molecule has 0 fully saturated rings. The van der Waals surface area contributed by atoms with Gasteiger partial charge in [-0.2, -0.15) is 0 Å². The Morgan fingerprint density at radius 3 is 2.68 bits per heavy atom. The number of carbonyl (C=O) groups excluding carboxylic acids is 1. The lowest BCUT2D eigenvalue weighted by molar-refractivity contribution is -0.118. The van der Waals surface area contributed by atoms with Crippen LogP contribution in [0.15, 0.2) is 29.3 Å². The summed E-state index contributed by atoms with van der Waals surface area (Å²) in [5.41, 5.74) is 5.52. The summed E-state index contributed by atoms with van der Waals surface area (Å²) in [4.78, 5) is 10.6. The second kappa shape index (κ2) is 4.82. The number of nitrogens with zero attached hydrogens (tertiary/aromatic N) is 1. The number of rotatable bonds is 4. The van der Waals surface area contributed by atoms with E-state index < -0.39 is 20.8 Å². The Bertz CT molecular complexity index is 755. The van der Waals surface area contributed by atoms with Gasteiger partial charge in [0.2, 0.25) is 5.91 Å². The van der Waals surface area contributed by atoms with Crippen LogP contribution in [0.4, 0.5) is 4.39 Å². The van der Waals surface area contributed by atoms with Crippen molar-refractivity contribution >= 4 is 36.5 Å². The third kappa shape index (κ3) is 2.87. The zero-order valence-corrected chi connectivity index (χ0v) is 11.2. The minimum absolute atomic E-state index is 0.0446. The topological polar surface area (TPSA) is 82.2 Å². The smallest absolute Gasteiger partial charge is 0.263 e. The number of aromatic nitrogens is 1. The summed E-state index contributed by atoms with van der Waals surface area (Å²) in [5.74, 6) is -1.08. The summed E-state index contributed by atoms with van der Waals surface area (Å²) in [5, 5.41) is 0.180. The summed E-state index contributed by atoms with van der Waals surface area (Å²) < 4.78 is 37.6. The van der Waals surface area contributed by atoms with E-state index in [1.54, 1.807) is 0 Å². The van der Waals surface area contributed by atoms with Crippen molar-refractivity contribution in [1.29, 1.82) is 0 Å². The van der Waals surface area contributed by atoms with Crippen molar-refractivity contribution in [3.8, 4) is 0 Å². The first-order valence-electron chi connectivity index (χ1n) is 5.30. The predicted octanol–water partition coefficient (Wildman–Crippen LogP) is 1.58. The fourth-order valence-electron chi connectivity index (χ4n) is 1.85. The summed E-state index contributed by atoms with van der Waals surface area (Å²) >= 11 is 0. The molecule has 102 valence electrons. The molecule has 8 heteroatoms. The van der Waals surface area contributed by atoms with Crippen LogP contribution in [-0.2, 0) is 20.4 Å². The summed E-state index contributed by atoms with van der Waals surface area (Å²) in [6.45, 7) is 0.198. The van der Waals surface area contributed by atoms with Gasteiger partial charge in [0, 0.05) is 40.7 Å². The van der Waals surface area contributed by atoms with Crippen molar-refractivity contribution < 1.29 is 17.6 Å². The Morgan fingerprint density at radius 1 is 1.42 bits per heavy atom. The minimum atomic E-state index is -4.00. The molecular formula is C11H10ClFN2O3S. The van der Waals surface area contributed by atoms with Crippen LogP contribution in [0.25, 0.3) is 10.9 Å². The molecule has 0 aliphatic rings. The van der Waals surface area contributed by atoms with E-state index in [0.29, 0.717) is 5.52 Å². The maximum Gasteiger partial charge on any atom is 0.263 e. The van der Waals surface area contributed by atoms with Gasteiger partial charge >= 0.3 is 0 Å². The molecule has 0 bridgehead atoms. The summed E-state index contributed by atoms with van der Waals surface area (Å²) in [6, 6.07) is 3.72. The maximum absolute atomic E-state index is 13.2. The van der Waals surface area contributed by atoms with Gasteiger partial charge in [-0.05, 0) is 18.2 Å². The normalized spacial score (nSPS) is 11.9. The molecule has 0 spiro atoms. The quantitative estimate of drug-likeness (QED) is 0.871. The van der Waals surface area contributed by atoms with Gasteiger partial charge in [0.25, 0.3) is 9.05 Å². The van der Waals surface area contributed by atoms with Crippen LogP contribution in [-0.4, -0.2) is 18.9 Å². The lowest BCUT2D eigenvalue weighted by Gasteiger charge is -2.02. The average molecular weight is 305 g/mol. The molecule has 0 saturated carbocycles. The third-order valence-corrected chi connectivity index (χ3v) is 4.02. The van der Waals surface area contributed by atoms with E-state index in [0.717, 1.165) is 6.07 Å². The number of primary amides is 1. The van der Waals surface area contributed by atoms with E-state index in [2.05, 4.69) is 0 Å². The molecule has 5 nitrogen and oxygen atoms in total. The number of nitrogens with two attached hydrogens (primary N) is 1. The molecular weight excluding hydrogens is 295 g/mol. The fourth-order valence-corrected chi connectivity index (χ4v) is 2.89. The maximum atomic E-state index is 13.2. The standard InChI is InChI=1S/C11H10ClFN2O3S/c12-19(17,18)10-6-15(4-3-11(14)16)9-2-1-7(13)5-8(9)10/h1-2,5-6H,3-4H2,(H2,14,16). The first-order chi connectivity index (χ1) is 8.79. The van der Waals surface area contributed by atoms with Crippen molar-refractivity contribution in [3.05, 3.63) is 30.2 Å². The van der Waals surface area contributed by atoms with Crippen LogP contribution in [0.1, 0.15) is 6.42 Å². The van der Waals surface area contributed by atoms with Crippen molar-refractivity contribution in [3.63, 3.8) is 0 Å². The molecule has 19 heavy (non-hydrogen) atoms. The van der Waals surface area contributed by atoms with E-state index in [1.165, 1.54) is 22.9 Å². The second-order valence-corrected chi connectivity index (χ2v) is 6.54. The molecule has 2 rings (SSSR count). The first kappa shape index (κ1) is 13.8. The molecule has 0 aliphatic heterocycles. The van der Waals surface area contributed by atoms with Crippen LogP contribution in [0.5, 0.6) is 0 Å². The highest BCUT2D eigenvalue weighted by molar-refractivity contribution is 8.14. The van der Waals surface area contributed by atoms with Crippen LogP contribution >= 0.6 is 10.7 Å². The number of hydrogen-bond donors (Lipinski definition) is 1. The first-order valence-corrected chi connectivity index (χ1v) is 7.61. The Morgan fingerprint density at radius 2 is 2.11 bits per heavy atom. The lowest BCUT2D eigenvalue weighted by Crippen LogP contribution is -2.13. The summed E-state index contributed by atoms with van der Waals surface area (Å²) in [6.07, 6.45) is 1.32. The second-order valence-electron chi connectivity index (χ2n) is 4.00. The Labute approximate surface area is 113 Å². The predicted molar refractivity (Wildman–Crippen MR) is 68.7 cm³/mol. The van der Waals surface area contributed by atoms with E-state index in [1.807, 2.05) is 0 Å². The SMILES string of the molecule is NC(=O)CCn1cc(S(=O)(=O)Cl)c2cc(F)ccc21. The molecule has 0 aliphatic carbocycles. The van der Waals surface area contributed by atoms with E-state index in [-0.39, 0.29) is 23.2 Å². The van der Waals surface area contributed by atoms with Crippen LogP contribution in [0, 0.1) is 5.82 Å². The Balaban J connectivity index is 2.63. The van der Waals surface area contributed by atoms with Gasteiger partial charge in [-0.25, -0.2) is 12.8 Å². The number of carbonyl (C=O) groups is 1. The highest BCUT2D eigenvalue weighted by Gasteiger charge is 2.19. The minimum Gasteiger partial charge on any atom is -0.370 e. The zero-order valence-electron chi connectivity index (χ0n) is 9.64. The number of hydrogen-bond acceptors (Lipinski definition) is 3. The molecule has 1 amide bonds. The molecule has 1 heterocycles. The highest BCUT2D eigenvalue weighted by atomic mass is 35.7. The van der Waals surface area contributed by atoms with E-state index >= 15 is 0 Å². The summed E-state index contributed by atoms with van der Waals surface area (Å²) in [7, 11) is 1.32. The van der Waals surface area contributed by atoms with Crippen molar-refractivity contribution in [2.45, 2.75) is 17.9 Å². The zero-order chi connectivity index (χ0) is 14.2. The number of amides is 1. The number of aryl methyl sites for hydroxylation is 1. The van der Waals surface area contributed by atoms with Crippen molar-refractivity contribution in [2.75, 3.05) is 0 Å². The molecule has 0 atom stereocenters. The monoisotopic (exact) mass is 304 g/mol. The molecule has 0 saturated heterocycles. The Kier molecular flexibility index (Phi) is 3.51. The lowest BCUT2D eigenvalue weighted by atomic mass is 10.2. The third-order valence-electron chi connectivity index (χ3n) is 2.67. The largest absolute Gasteiger partial charge is 0.370 e. The van der Waals surface area contributed by atoms with Crippen LogP contribution in [0.2, 0.25) is 0 Å². The van der Waals surface area contributed by atoms with E-state index in [4.69, 9.17) is 16.4 Å². The molecule has 1 aromatic carbocycles.